The van der Waals surface area contributed by atoms with Crippen molar-refractivity contribution in [1.82, 2.24) is 4.98 Å². The number of alkyl halides is 3. The third kappa shape index (κ3) is 3.66. The number of fused-ring (bicyclic) bond motifs is 1. The Hall–Kier alpha value is -2.41. The average molecular weight is 363 g/mol. The summed E-state index contributed by atoms with van der Waals surface area (Å²) in [5.41, 5.74) is 1.80. The fourth-order valence-electron chi connectivity index (χ4n) is 2.47. The van der Waals surface area contributed by atoms with Crippen molar-refractivity contribution in [1.29, 1.82) is 0 Å². The molecule has 0 bridgehead atoms. The highest BCUT2D eigenvalue weighted by Gasteiger charge is 2.34. The molecule has 7 heteroatoms. The Morgan fingerprint density at radius 2 is 1.84 bits per heavy atom. The van der Waals surface area contributed by atoms with Gasteiger partial charge in [-0.25, -0.2) is 4.98 Å². The first kappa shape index (κ1) is 17.4. The van der Waals surface area contributed by atoms with Crippen molar-refractivity contribution < 1.29 is 13.2 Å². The third-order valence-electron chi connectivity index (χ3n) is 3.72. The minimum absolute atomic E-state index is 0.0595. The molecule has 0 spiro atoms. The number of nitrogens with zero attached hydrogens (tertiary/aromatic N) is 3. The number of rotatable bonds is 3. The molecule has 2 aromatic heterocycles. The molecule has 0 aliphatic heterocycles. The number of hydrogen-bond acceptors (Lipinski definition) is 4. The van der Waals surface area contributed by atoms with E-state index in [9.17, 15) is 13.2 Å². The molecule has 0 saturated heterocycles. The van der Waals surface area contributed by atoms with Gasteiger partial charge in [-0.15, -0.1) is 11.3 Å². The molecule has 0 aliphatic carbocycles. The summed E-state index contributed by atoms with van der Waals surface area (Å²) in [6, 6.07) is 8.68. The predicted octanol–water partition coefficient (Wildman–Crippen LogP) is 5.44. The number of aryl methyl sites for hydroxylation is 1. The van der Waals surface area contributed by atoms with Gasteiger partial charge in [0.25, 0.3) is 0 Å². The Morgan fingerprint density at radius 1 is 1.16 bits per heavy atom. The van der Waals surface area contributed by atoms with Gasteiger partial charge in [0, 0.05) is 42.5 Å². The number of thiophene rings is 1. The van der Waals surface area contributed by atoms with Crippen LogP contribution in [0.1, 0.15) is 16.8 Å². The zero-order chi connectivity index (χ0) is 18.2. The summed E-state index contributed by atoms with van der Waals surface area (Å²) in [5, 5.41) is 1.67. The van der Waals surface area contributed by atoms with E-state index in [4.69, 9.17) is 0 Å². The molecule has 0 atom stereocenters. The van der Waals surface area contributed by atoms with Crippen LogP contribution in [0.3, 0.4) is 0 Å². The van der Waals surface area contributed by atoms with Gasteiger partial charge in [0.2, 0.25) is 0 Å². The van der Waals surface area contributed by atoms with E-state index in [2.05, 4.69) is 9.98 Å². The Morgan fingerprint density at radius 3 is 2.44 bits per heavy atom. The van der Waals surface area contributed by atoms with Crippen LogP contribution in [-0.4, -0.2) is 25.3 Å². The zero-order valence-corrected chi connectivity index (χ0v) is 14.7. The molecule has 2 heterocycles. The smallest absolute Gasteiger partial charge is 0.378 e. The summed E-state index contributed by atoms with van der Waals surface area (Å²) in [6.45, 7) is 1.56. The van der Waals surface area contributed by atoms with Crippen LogP contribution >= 0.6 is 11.3 Å². The molecule has 0 fully saturated rings. The van der Waals surface area contributed by atoms with Crippen molar-refractivity contribution >= 4 is 39.1 Å². The molecule has 3 aromatic rings. The minimum Gasteiger partial charge on any atom is -0.378 e. The lowest BCUT2D eigenvalue weighted by Crippen LogP contribution is -2.08. The molecule has 25 heavy (non-hydrogen) atoms. The van der Waals surface area contributed by atoms with E-state index in [1.807, 2.05) is 43.3 Å². The summed E-state index contributed by atoms with van der Waals surface area (Å²) < 4.78 is 40.1. The molecule has 0 saturated carbocycles. The molecule has 3 nitrogen and oxygen atoms in total. The van der Waals surface area contributed by atoms with Gasteiger partial charge >= 0.3 is 6.18 Å². The first-order valence-corrected chi connectivity index (χ1v) is 8.41. The van der Waals surface area contributed by atoms with Crippen LogP contribution < -0.4 is 4.90 Å². The Balaban J connectivity index is 2.02. The largest absolute Gasteiger partial charge is 0.417 e. The molecule has 0 radical (unpaired) electrons. The van der Waals surface area contributed by atoms with Gasteiger partial charge in [-0.2, -0.15) is 13.2 Å². The first-order chi connectivity index (χ1) is 11.8. The summed E-state index contributed by atoms with van der Waals surface area (Å²) in [5.74, 6) is 0. The van der Waals surface area contributed by atoms with Crippen molar-refractivity contribution in [2.75, 3.05) is 19.0 Å². The number of hydrogen-bond donors (Lipinski definition) is 0. The third-order valence-corrected chi connectivity index (χ3v) is 4.58. The van der Waals surface area contributed by atoms with Gasteiger partial charge in [0.15, 0.2) is 0 Å². The lowest BCUT2D eigenvalue weighted by atomic mass is 10.1. The van der Waals surface area contributed by atoms with Crippen LogP contribution in [-0.2, 0) is 6.18 Å². The number of halogens is 3. The molecular formula is C18H16F3N3S. The lowest BCUT2D eigenvalue weighted by molar-refractivity contribution is -0.136. The van der Waals surface area contributed by atoms with Crippen molar-refractivity contribution in [2.45, 2.75) is 13.1 Å². The molecular weight excluding hydrogens is 347 g/mol. The lowest BCUT2D eigenvalue weighted by Gasteiger charge is -2.11. The first-order valence-electron chi connectivity index (χ1n) is 7.53. The number of anilines is 1. The maximum absolute atomic E-state index is 13.4. The summed E-state index contributed by atoms with van der Waals surface area (Å²) >= 11 is 1.17. The van der Waals surface area contributed by atoms with Crippen molar-refractivity contribution in [3.8, 4) is 0 Å². The quantitative estimate of drug-likeness (QED) is 0.580. The van der Waals surface area contributed by atoms with E-state index in [1.54, 1.807) is 18.5 Å². The van der Waals surface area contributed by atoms with Gasteiger partial charge in [0.1, 0.15) is 4.83 Å². The molecule has 0 N–H and O–H groups in total. The van der Waals surface area contributed by atoms with Crippen molar-refractivity contribution in [2.24, 2.45) is 4.99 Å². The van der Waals surface area contributed by atoms with Crippen LogP contribution in [0.5, 0.6) is 0 Å². The second kappa shape index (κ2) is 6.48. The van der Waals surface area contributed by atoms with Gasteiger partial charge in [-0.05, 0) is 30.7 Å². The second-order valence-electron chi connectivity index (χ2n) is 5.85. The van der Waals surface area contributed by atoms with E-state index in [0.29, 0.717) is 10.5 Å². The van der Waals surface area contributed by atoms with Crippen LogP contribution in [0.25, 0.3) is 10.2 Å². The summed E-state index contributed by atoms with van der Waals surface area (Å²) in [6.07, 6.45) is -2.87. The average Bonchev–Trinajstić information content (AvgIpc) is 2.94. The van der Waals surface area contributed by atoms with Gasteiger partial charge in [-0.3, -0.25) is 4.99 Å². The normalized spacial score (nSPS) is 12.2. The monoisotopic (exact) mass is 363 g/mol. The number of aliphatic imine (C=N–C) groups is 1. The highest BCUT2D eigenvalue weighted by atomic mass is 32.1. The Kier molecular flexibility index (Phi) is 4.51. The van der Waals surface area contributed by atoms with E-state index >= 15 is 0 Å². The molecule has 0 amide bonds. The van der Waals surface area contributed by atoms with Gasteiger partial charge < -0.3 is 4.90 Å². The standard InChI is InChI=1S/C18H16F3N3S/c1-11-8-14(18(19,20)21)16-15(10-25-17(16)23-11)22-9-12-4-6-13(7-5-12)24(2)3/h4-10H,1-3H3. The zero-order valence-electron chi connectivity index (χ0n) is 13.9. The summed E-state index contributed by atoms with van der Waals surface area (Å²) in [7, 11) is 3.88. The topological polar surface area (TPSA) is 28.5 Å². The van der Waals surface area contributed by atoms with Crippen molar-refractivity contribution in [3.63, 3.8) is 0 Å². The molecule has 0 unspecified atom stereocenters. The number of pyridine rings is 1. The number of aromatic nitrogens is 1. The highest BCUT2D eigenvalue weighted by Crippen LogP contribution is 2.41. The Bertz CT molecular complexity index is 925. The maximum atomic E-state index is 13.4. The summed E-state index contributed by atoms with van der Waals surface area (Å²) in [4.78, 5) is 10.8. The van der Waals surface area contributed by atoms with Gasteiger partial charge in [-0.1, -0.05) is 12.1 Å². The fraction of sp³-hybridized carbons (Fsp3) is 0.222. The van der Waals surface area contributed by atoms with Crippen LogP contribution in [0, 0.1) is 6.92 Å². The highest BCUT2D eigenvalue weighted by molar-refractivity contribution is 7.17. The fourth-order valence-corrected chi connectivity index (χ4v) is 3.40. The van der Waals surface area contributed by atoms with Crippen LogP contribution in [0.2, 0.25) is 0 Å². The van der Waals surface area contributed by atoms with Crippen molar-refractivity contribution in [3.05, 3.63) is 52.5 Å². The predicted molar refractivity (Wildman–Crippen MR) is 97.4 cm³/mol. The minimum atomic E-state index is -4.44. The van der Waals surface area contributed by atoms with Crippen LogP contribution in [0.4, 0.5) is 24.5 Å². The second-order valence-corrected chi connectivity index (χ2v) is 6.71. The van der Waals surface area contributed by atoms with Gasteiger partial charge in [0.05, 0.1) is 11.3 Å². The molecule has 0 aliphatic rings. The Labute approximate surface area is 147 Å². The van der Waals surface area contributed by atoms with E-state index in [0.717, 1.165) is 17.3 Å². The van der Waals surface area contributed by atoms with E-state index in [1.165, 1.54) is 11.3 Å². The molecule has 130 valence electrons. The molecule has 1 aromatic carbocycles. The maximum Gasteiger partial charge on any atom is 0.417 e. The SMILES string of the molecule is Cc1cc(C(F)(F)F)c2c(N=Cc3ccc(N(C)C)cc3)csc2n1. The van der Waals surface area contributed by atoms with Crippen LogP contribution in [0.15, 0.2) is 40.7 Å². The van der Waals surface area contributed by atoms with E-state index < -0.39 is 11.7 Å². The molecule has 3 rings (SSSR count). The van der Waals surface area contributed by atoms with E-state index in [-0.39, 0.29) is 11.1 Å². The number of benzene rings is 1.